The van der Waals surface area contributed by atoms with Crippen LogP contribution in [0.15, 0.2) is 30.5 Å². The van der Waals surface area contributed by atoms with E-state index < -0.39 is 11.7 Å². The Morgan fingerprint density at radius 1 is 1.09 bits per heavy atom. The van der Waals surface area contributed by atoms with Crippen molar-refractivity contribution in [2.45, 2.75) is 77.4 Å². The maximum Gasteiger partial charge on any atom is 0.248 e. The number of aromatic nitrogens is 3. The summed E-state index contributed by atoms with van der Waals surface area (Å²) in [5, 5.41) is 10.5. The lowest BCUT2D eigenvalue weighted by atomic mass is 9.86. The van der Waals surface area contributed by atoms with Gasteiger partial charge in [-0.3, -0.25) is 4.79 Å². The van der Waals surface area contributed by atoms with Crippen molar-refractivity contribution in [3.05, 3.63) is 47.5 Å². The van der Waals surface area contributed by atoms with Crippen LogP contribution < -0.4 is 5.73 Å². The molecule has 5 rings (SSSR count). The van der Waals surface area contributed by atoms with Crippen LogP contribution in [-0.4, -0.2) is 46.7 Å². The van der Waals surface area contributed by atoms with E-state index in [0.717, 1.165) is 50.2 Å². The van der Waals surface area contributed by atoms with Gasteiger partial charge in [0.05, 0.1) is 24.1 Å². The number of hydrogen-bond acceptors (Lipinski definition) is 5. The van der Waals surface area contributed by atoms with Gasteiger partial charge in [-0.2, -0.15) is 15.4 Å². The van der Waals surface area contributed by atoms with Crippen molar-refractivity contribution < 1.29 is 18.7 Å². The molecule has 178 valence electrons. The number of halogens is 1. The number of H-pyrrole nitrogens is 1. The number of benzene rings is 1. The van der Waals surface area contributed by atoms with Gasteiger partial charge in [0.1, 0.15) is 5.82 Å². The lowest BCUT2D eigenvalue weighted by Gasteiger charge is -2.19. The van der Waals surface area contributed by atoms with Crippen LogP contribution in [0.4, 0.5) is 4.39 Å². The summed E-state index contributed by atoms with van der Waals surface area (Å²) in [5.41, 5.74) is 6.20. The number of rotatable bonds is 3. The summed E-state index contributed by atoms with van der Waals surface area (Å²) in [7, 11) is 0. The molecule has 3 N–H and O–H groups in total. The van der Waals surface area contributed by atoms with Crippen LogP contribution in [0.1, 0.15) is 74.8 Å². The van der Waals surface area contributed by atoms with Crippen LogP contribution in [0.2, 0.25) is 0 Å². The normalized spacial score (nSPS) is 21.7. The van der Waals surface area contributed by atoms with E-state index in [4.69, 9.17) is 15.2 Å². The van der Waals surface area contributed by atoms with Crippen molar-refractivity contribution in [1.82, 2.24) is 15.4 Å². The van der Waals surface area contributed by atoms with Gasteiger partial charge in [-0.15, -0.1) is 0 Å². The lowest BCUT2D eigenvalue weighted by molar-refractivity contribution is 0.0732. The number of ether oxygens (including phenoxy) is 2. The number of carbonyl (C=O) groups excluding carboxylic acids is 1. The Morgan fingerprint density at radius 2 is 1.75 bits per heavy atom. The first-order chi connectivity index (χ1) is 15.6. The Bertz CT molecular complexity index is 746. The van der Waals surface area contributed by atoms with Crippen molar-refractivity contribution in [1.29, 1.82) is 0 Å². The van der Waals surface area contributed by atoms with Crippen LogP contribution in [0.3, 0.4) is 0 Å². The van der Waals surface area contributed by atoms with E-state index in [1.807, 2.05) is 20.0 Å². The van der Waals surface area contributed by atoms with Crippen LogP contribution in [0.5, 0.6) is 0 Å². The molecule has 3 fully saturated rings. The van der Waals surface area contributed by atoms with Crippen LogP contribution in [0.25, 0.3) is 0 Å². The molecule has 0 radical (unpaired) electrons. The average Bonchev–Trinajstić information content (AvgIpc) is 3.56. The minimum atomic E-state index is -0.612. The van der Waals surface area contributed by atoms with Gasteiger partial charge in [0.2, 0.25) is 5.91 Å². The third-order valence-corrected chi connectivity index (χ3v) is 5.68. The first-order valence-corrected chi connectivity index (χ1v) is 11.7. The molecule has 2 saturated heterocycles. The minimum Gasteiger partial charge on any atom is -0.375 e. The number of amides is 1. The second-order valence-corrected chi connectivity index (χ2v) is 7.94. The predicted octanol–water partition coefficient (Wildman–Crippen LogP) is 4.44. The molecule has 1 amide bonds. The Morgan fingerprint density at radius 3 is 2.25 bits per heavy atom. The molecule has 2 atom stereocenters. The Labute approximate surface area is 190 Å². The average molecular weight is 449 g/mol. The van der Waals surface area contributed by atoms with Gasteiger partial charge < -0.3 is 15.2 Å². The number of nitrogens with one attached hydrogen (secondary N) is 1. The van der Waals surface area contributed by atoms with E-state index in [9.17, 15) is 9.18 Å². The van der Waals surface area contributed by atoms with Gasteiger partial charge >= 0.3 is 0 Å². The number of fused-ring (bicyclic) bond motifs is 1. The molecular weight excluding hydrogens is 411 g/mol. The van der Waals surface area contributed by atoms with Crippen LogP contribution >= 0.6 is 0 Å². The smallest absolute Gasteiger partial charge is 0.248 e. The number of nitrogens with zero attached hydrogens (tertiary/aromatic N) is 2. The maximum absolute atomic E-state index is 12.3. The highest BCUT2D eigenvalue weighted by Gasteiger charge is 2.33. The van der Waals surface area contributed by atoms with E-state index >= 15 is 0 Å². The first kappa shape index (κ1) is 25.9. The van der Waals surface area contributed by atoms with Gasteiger partial charge in [0.15, 0.2) is 0 Å². The zero-order chi connectivity index (χ0) is 23.2. The summed E-state index contributed by atoms with van der Waals surface area (Å²) < 4.78 is 23.0. The molecule has 1 aromatic heterocycles. The zero-order valence-corrected chi connectivity index (χ0v) is 19.3. The van der Waals surface area contributed by atoms with E-state index in [1.165, 1.54) is 50.3 Å². The van der Waals surface area contributed by atoms with Crippen molar-refractivity contribution in [3.8, 4) is 0 Å². The fourth-order valence-corrected chi connectivity index (χ4v) is 4.08. The molecular formula is C24H37FN4O3. The second-order valence-electron chi connectivity index (χ2n) is 7.94. The topological polar surface area (TPSA) is 103 Å². The fourth-order valence-electron chi connectivity index (χ4n) is 4.08. The summed E-state index contributed by atoms with van der Waals surface area (Å²) in [6, 6.07) is 5.26. The number of aromatic amines is 1. The largest absolute Gasteiger partial charge is 0.375 e. The molecule has 0 spiro atoms. The van der Waals surface area contributed by atoms with E-state index in [0.29, 0.717) is 12.2 Å². The second kappa shape index (κ2) is 14.7. The number of hydrogen-bond donors (Lipinski definition) is 2. The van der Waals surface area contributed by atoms with Gasteiger partial charge in [-0.25, -0.2) is 4.39 Å². The summed E-state index contributed by atoms with van der Waals surface area (Å²) in [6.07, 6.45) is 13.1. The third kappa shape index (κ3) is 9.04. The van der Waals surface area contributed by atoms with E-state index in [-0.39, 0.29) is 5.56 Å². The summed E-state index contributed by atoms with van der Waals surface area (Å²) in [6.45, 7) is 5.82. The van der Waals surface area contributed by atoms with Gasteiger partial charge in [-0.1, -0.05) is 52.0 Å². The summed E-state index contributed by atoms with van der Waals surface area (Å²) >= 11 is 0. The molecule has 2 aromatic rings. The SMILES string of the molecule is C1CC2OCCC2O1.CC.NC(=O)c1cccc(F)c1.c1n[nH]nc1CC1CCCCC1. The Balaban J connectivity index is 0.000000166. The highest BCUT2D eigenvalue weighted by Crippen LogP contribution is 2.26. The molecule has 2 aliphatic heterocycles. The Kier molecular flexibility index (Phi) is 11.9. The minimum absolute atomic E-state index is 0.194. The molecule has 2 unspecified atom stereocenters. The zero-order valence-electron chi connectivity index (χ0n) is 19.3. The summed E-state index contributed by atoms with van der Waals surface area (Å²) in [5.74, 6) is -0.195. The number of primary amides is 1. The Hall–Kier alpha value is -2.32. The predicted molar refractivity (Wildman–Crippen MR) is 122 cm³/mol. The van der Waals surface area contributed by atoms with Crippen molar-refractivity contribution in [2.75, 3.05) is 13.2 Å². The first-order valence-electron chi connectivity index (χ1n) is 11.7. The molecule has 1 aromatic carbocycles. The van der Waals surface area contributed by atoms with Crippen LogP contribution in [0, 0.1) is 11.7 Å². The number of carbonyl (C=O) groups is 1. The van der Waals surface area contributed by atoms with Crippen molar-refractivity contribution in [3.63, 3.8) is 0 Å². The van der Waals surface area contributed by atoms with E-state index in [2.05, 4.69) is 15.4 Å². The molecule has 0 bridgehead atoms. The molecule has 8 heteroatoms. The van der Waals surface area contributed by atoms with Gasteiger partial charge in [0.25, 0.3) is 0 Å². The monoisotopic (exact) mass is 448 g/mol. The van der Waals surface area contributed by atoms with Crippen molar-refractivity contribution in [2.24, 2.45) is 11.7 Å². The van der Waals surface area contributed by atoms with Gasteiger partial charge in [-0.05, 0) is 43.4 Å². The molecule has 3 heterocycles. The van der Waals surface area contributed by atoms with Crippen molar-refractivity contribution >= 4 is 5.91 Å². The third-order valence-electron chi connectivity index (χ3n) is 5.68. The standard InChI is InChI=1S/C9H15N3.C7H6FNO.C6H10O2.C2H6/c1-2-4-8(5-3-1)6-9-7-10-12-11-9;8-6-3-1-2-5(4-6)7(9)10;1-3-7-6-2-4-8-5(1)6;1-2/h7-8H,1-6H2,(H,10,11,12);1-4H,(H2,9,10);5-6H,1-4H2;1-2H3. The molecule has 32 heavy (non-hydrogen) atoms. The molecule has 1 saturated carbocycles. The van der Waals surface area contributed by atoms with Crippen LogP contribution in [-0.2, 0) is 15.9 Å². The summed E-state index contributed by atoms with van der Waals surface area (Å²) in [4.78, 5) is 10.4. The molecule has 3 aliphatic rings. The lowest BCUT2D eigenvalue weighted by Crippen LogP contribution is -2.13. The fraction of sp³-hybridized carbons (Fsp3) is 0.625. The quantitative estimate of drug-likeness (QED) is 0.722. The number of nitrogens with two attached hydrogens (primary N) is 1. The molecule has 7 nitrogen and oxygen atoms in total. The van der Waals surface area contributed by atoms with E-state index in [1.54, 1.807) is 0 Å². The van der Waals surface area contributed by atoms with Gasteiger partial charge in [0, 0.05) is 18.8 Å². The molecule has 1 aliphatic carbocycles. The maximum atomic E-state index is 12.3. The highest BCUT2D eigenvalue weighted by atomic mass is 19.1. The highest BCUT2D eigenvalue weighted by molar-refractivity contribution is 5.92.